The van der Waals surface area contributed by atoms with Gasteiger partial charge >= 0.3 is 0 Å². The molecule has 0 bridgehead atoms. The number of carbonyl (C=O) groups is 4. The number of Topliss-reactive ketones (excluding diaryl/α,β-unsaturated/α-hetero) is 2. The van der Waals surface area contributed by atoms with Gasteiger partial charge in [0, 0.05) is 22.5 Å². The van der Waals surface area contributed by atoms with Crippen LogP contribution in [-0.4, -0.2) is 49.7 Å². The van der Waals surface area contributed by atoms with Gasteiger partial charge < -0.3 is 20.1 Å². The highest BCUT2D eigenvalue weighted by molar-refractivity contribution is 6.36. The van der Waals surface area contributed by atoms with Crippen LogP contribution in [0.1, 0.15) is 13.8 Å². The van der Waals surface area contributed by atoms with Gasteiger partial charge in [0.1, 0.15) is 11.5 Å². The van der Waals surface area contributed by atoms with Crippen LogP contribution < -0.4 is 20.1 Å². The van der Waals surface area contributed by atoms with Crippen molar-refractivity contribution in [3.63, 3.8) is 0 Å². The molecular formula is C34H30Cl2N6O6. The zero-order chi connectivity index (χ0) is 34.8. The third kappa shape index (κ3) is 9.30. The molecule has 0 saturated carbocycles. The molecule has 14 heteroatoms. The van der Waals surface area contributed by atoms with E-state index >= 15 is 0 Å². The number of amides is 2. The van der Waals surface area contributed by atoms with Crippen LogP contribution in [0.4, 0.5) is 22.7 Å². The number of rotatable bonds is 13. The van der Waals surface area contributed by atoms with Crippen molar-refractivity contribution in [2.24, 2.45) is 20.5 Å². The van der Waals surface area contributed by atoms with Crippen molar-refractivity contribution < 1.29 is 28.7 Å². The zero-order valence-electron chi connectivity index (χ0n) is 26.2. The van der Waals surface area contributed by atoms with Gasteiger partial charge in [0.05, 0.1) is 35.6 Å². The molecule has 2 amide bonds. The minimum Gasteiger partial charge on any atom is -0.497 e. The quantitative estimate of drug-likeness (QED) is 0.107. The molecule has 2 N–H and O–H groups in total. The molecule has 246 valence electrons. The van der Waals surface area contributed by atoms with Crippen molar-refractivity contribution in [2.75, 3.05) is 24.9 Å². The molecule has 0 aliphatic heterocycles. The van der Waals surface area contributed by atoms with E-state index < -0.39 is 35.5 Å². The van der Waals surface area contributed by atoms with Gasteiger partial charge in [-0.15, -0.1) is 0 Å². The SMILES string of the molecule is COc1ccc(NC(=O)C(N=Nc2ccc(-c3ccc(N=NC(C(C)=O)C(=O)Nc4ccc(OC)cc4)cc3Cl)c(Cl)c2)C(C)=O)cc1. The predicted octanol–water partition coefficient (Wildman–Crippen LogP) is 8.04. The molecule has 2 atom stereocenters. The highest BCUT2D eigenvalue weighted by atomic mass is 35.5. The molecule has 48 heavy (non-hydrogen) atoms. The predicted molar refractivity (Wildman–Crippen MR) is 183 cm³/mol. The Morgan fingerprint density at radius 1 is 0.583 bits per heavy atom. The molecule has 0 radical (unpaired) electrons. The first-order valence-corrected chi connectivity index (χ1v) is 15.1. The van der Waals surface area contributed by atoms with E-state index in [0.717, 1.165) is 0 Å². The fourth-order valence-electron chi connectivity index (χ4n) is 4.22. The van der Waals surface area contributed by atoms with Gasteiger partial charge in [-0.2, -0.15) is 20.5 Å². The third-order valence-corrected chi connectivity index (χ3v) is 7.38. The average molecular weight is 690 g/mol. The first kappa shape index (κ1) is 35.4. The van der Waals surface area contributed by atoms with Gasteiger partial charge in [-0.25, -0.2) is 0 Å². The van der Waals surface area contributed by atoms with Crippen molar-refractivity contribution in [2.45, 2.75) is 25.9 Å². The minimum absolute atomic E-state index is 0.275. The van der Waals surface area contributed by atoms with E-state index in [2.05, 4.69) is 31.1 Å². The number of benzene rings is 4. The highest BCUT2D eigenvalue weighted by Crippen LogP contribution is 2.37. The van der Waals surface area contributed by atoms with Crippen molar-refractivity contribution in [3.8, 4) is 22.6 Å². The summed E-state index contributed by atoms with van der Waals surface area (Å²) in [5.41, 5.74) is 2.66. The number of nitrogens with one attached hydrogen (secondary N) is 2. The second-order valence-electron chi connectivity index (χ2n) is 10.2. The van der Waals surface area contributed by atoms with E-state index in [1.807, 2.05) is 0 Å². The molecule has 2 unspecified atom stereocenters. The van der Waals surface area contributed by atoms with Crippen LogP contribution in [0.2, 0.25) is 10.0 Å². The second-order valence-corrected chi connectivity index (χ2v) is 11.0. The molecule has 4 rings (SSSR count). The number of halogens is 2. The number of ketones is 2. The number of hydrogen-bond donors (Lipinski definition) is 2. The van der Waals surface area contributed by atoms with Crippen LogP contribution in [0.25, 0.3) is 11.1 Å². The summed E-state index contributed by atoms with van der Waals surface area (Å²) >= 11 is 13.1. The van der Waals surface area contributed by atoms with Crippen molar-refractivity contribution in [3.05, 3.63) is 95.0 Å². The number of methoxy groups -OCH3 is 2. The van der Waals surface area contributed by atoms with Crippen LogP contribution in [0.3, 0.4) is 0 Å². The average Bonchev–Trinajstić information content (AvgIpc) is 3.06. The Morgan fingerprint density at radius 3 is 1.23 bits per heavy atom. The fraction of sp³-hybridized carbons (Fsp3) is 0.176. The Labute approximate surface area is 286 Å². The van der Waals surface area contributed by atoms with Gasteiger partial charge in [0.15, 0.2) is 11.6 Å². The summed E-state index contributed by atoms with van der Waals surface area (Å²) in [6, 6.07) is 20.0. The lowest BCUT2D eigenvalue weighted by Crippen LogP contribution is -2.31. The molecule has 0 aliphatic rings. The summed E-state index contributed by atoms with van der Waals surface area (Å²) in [6.07, 6.45) is 0. The lowest BCUT2D eigenvalue weighted by molar-refractivity contribution is -0.127. The van der Waals surface area contributed by atoms with Crippen molar-refractivity contribution in [1.82, 2.24) is 0 Å². The summed E-state index contributed by atoms with van der Waals surface area (Å²) < 4.78 is 10.2. The van der Waals surface area contributed by atoms with Gasteiger partial charge in [-0.1, -0.05) is 35.3 Å². The molecule has 0 spiro atoms. The molecular weight excluding hydrogens is 659 g/mol. The number of ether oxygens (including phenoxy) is 2. The van der Waals surface area contributed by atoms with Gasteiger partial charge in [-0.3, -0.25) is 19.2 Å². The number of azo groups is 2. The van der Waals surface area contributed by atoms with Crippen LogP contribution in [0.5, 0.6) is 11.5 Å². The summed E-state index contributed by atoms with van der Waals surface area (Å²) in [7, 11) is 3.06. The number of carbonyl (C=O) groups excluding carboxylic acids is 4. The first-order chi connectivity index (χ1) is 23.0. The molecule has 0 aliphatic carbocycles. The highest BCUT2D eigenvalue weighted by Gasteiger charge is 2.24. The Hall–Kier alpha value is -5.46. The largest absolute Gasteiger partial charge is 0.497 e. The summed E-state index contributed by atoms with van der Waals surface area (Å²) in [5, 5.41) is 21.9. The van der Waals surface area contributed by atoms with Gasteiger partial charge in [0.2, 0.25) is 12.1 Å². The van der Waals surface area contributed by atoms with Crippen molar-refractivity contribution in [1.29, 1.82) is 0 Å². The molecule has 4 aromatic rings. The zero-order valence-corrected chi connectivity index (χ0v) is 27.7. The number of hydrogen-bond acceptors (Lipinski definition) is 10. The van der Waals surface area contributed by atoms with Crippen LogP contribution >= 0.6 is 23.2 Å². The Bertz CT molecular complexity index is 1740. The van der Waals surface area contributed by atoms with E-state index in [1.54, 1.807) is 72.8 Å². The second kappa shape index (κ2) is 16.4. The van der Waals surface area contributed by atoms with E-state index in [4.69, 9.17) is 32.7 Å². The number of anilines is 2. The summed E-state index contributed by atoms with van der Waals surface area (Å²) in [6.45, 7) is 2.49. The number of nitrogens with zero attached hydrogens (tertiary/aromatic N) is 4. The molecule has 12 nitrogen and oxygen atoms in total. The van der Waals surface area contributed by atoms with E-state index in [0.29, 0.717) is 45.4 Å². The van der Waals surface area contributed by atoms with Crippen molar-refractivity contribution >= 4 is 69.3 Å². The van der Waals surface area contributed by atoms with Crippen LogP contribution in [-0.2, 0) is 19.2 Å². The first-order valence-electron chi connectivity index (χ1n) is 14.3. The Kier molecular flexibility index (Phi) is 12.1. The maximum atomic E-state index is 12.7. The Morgan fingerprint density at radius 2 is 0.938 bits per heavy atom. The lowest BCUT2D eigenvalue weighted by Gasteiger charge is -2.11. The maximum absolute atomic E-state index is 12.7. The monoisotopic (exact) mass is 688 g/mol. The van der Waals surface area contributed by atoms with E-state index in [1.165, 1.54) is 40.2 Å². The molecule has 0 fully saturated rings. The van der Waals surface area contributed by atoms with E-state index in [9.17, 15) is 19.2 Å². The lowest BCUT2D eigenvalue weighted by atomic mass is 10.0. The van der Waals surface area contributed by atoms with Gasteiger partial charge in [-0.05, 0) is 86.6 Å². The standard InChI is InChI=1S/C34H30Cl2N6O6/c1-19(43)31(33(45)37-21-5-11-25(47-3)12-6-21)41-39-23-9-15-27(29(35)17-23)28-16-10-24(18-30(28)36)40-42-32(20(2)44)34(46)38-22-7-13-26(48-4)14-8-22/h5-18,31-32H,1-4H3,(H,37,45)(H,38,46). The maximum Gasteiger partial charge on any atom is 0.258 e. The van der Waals surface area contributed by atoms with E-state index in [-0.39, 0.29) is 10.0 Å². The summed E-state index contributed by atoms with van der Waals surface area (Å²) in [4.78, 5) is 49.8. The van der Waals surface area contributed by atoms with Crippen LogP contribution in [0.15, 0.2) is 105 Å². The third-order valence-electron chi connectivity index (χ3n) is 6.75. The fourth-order valence-corrected chi connectivity index (χ4v) is 4.78. The molecule has 4 aromatic carbocycles. The van der Waals surface area contributed by atoms with Crippen LogP contribution in [0, 0.1) is 0 Å². The van der Waals surface area contributed by atoms with Gasteiger partial charge in [0.25, 0.3) is 11.8 Å². The Balaban J connectivity index is 1.45. The summed E-state index contributed by atoms with van der Waals surface area (Å²) in [5.74, 6) is -1.05. The normalized spacial score (nSPS) is 12.4. The molecule has 0 saturated heterocycles. The smallest absolute Gasteiger partial charge is 0.258 e. The molecule has 0 heterocycles. The topological polar surface area (TPSA) is 160 Å². The molecule has 0 aromatic heterocycles. The minimum atomic E-state index is -1.38.